The highest BCUT2D eigenvalue weighted by molar-refractivity contribution is 7.01. The summed E-state index contributed by atoms with van der Waals surface area (Å²) in [6.45, 7) is 16.6. The fourth-order valence-corrected chi connectivity index (χ4v) is 8.63. The standard InChI is InChI=1S/C26H32NSi/c1-17-13-14-23-25(24(17)21-15-18(2)19(3)16-27(21)6)26(4,5)20-11-9-10-12-22(20)28(23,7)8/h9-16H,1-8H3/q+1. The SMILES string of the molecule is Cc1cc(-c2c(C)ccc3c2C(C)(C)c2ccccc2[Si]3(C)C)[n+](C)cc1C. The van der Waals surface area contributed by atoms with E-state index in [9.17, 15) is 0 Å². The van der Waals surface area contributed by atoms with Gasteiger partial charge in [-0.2, -0.15) is 0 Å². The summed E-state index contributed by atoms with van der Waals surface area (Å²) in [6.07, 6.45) is 2.27. The van der Waals surface area contributed by atoms with Crippen molar-refractivity contribution >= 4 is 18.4 Å². The van der Waals surface area contributed by atoms with Crippen molar-refractivity contribution in [3.63, 3.8) is 0 Å². The zero-order valence-electron chi connectivity index (χ0n) is 18.6. The van der Waals surface area contributed by atoms with Crippen molar-refractivity contribution in [2.45, 2.75) is 53.1 Å². The lowest BCUT2D eigenvalue weighted by Crippen LogP contribution is -2.62. The minimum absolute atomic E-state index is 0.0123. The lowest BCUT2D eigenvalue weighted by Gasteiger charge is -2.44. The van der Waals surface area contributed by atoms with E-state index in [-0.39, 0.29) is 5.41 Å². The van der Waals surface area contributed by atoms with E-state index in [4.69, 9.17) is 0 Å². The van der Waals surface area contributed by atoms with Gasteiger partial charge in [-0.25, -0.2) is 4.57 Å². The fourth-order valence-electron chi connectivity index (χ4n) is 5.19. The van der Waals surface area contributed by atoms with Gasteiger partial charge in [0, 0.05) is 17.0 Å². The molecule has 0 spiro atoms. The molecule has 0 saturated carbocycles. The molecule has 2 heteroatoms. The van der Waals surface area contributed by atoms with Crippen LogP contribution in [0, 0.1) is 20.8 Å². The maximum Gasteiger partial charge on any atom is 0.213 e. The van der Waals surface area contributed by atoms with Crippen molar-refractivity contribution in [3.05, 3.63) is 76.5 Å². The third kappa shape index (κ3) is 2.54. The molecule has 0 bridgehead atoms. The molecular weight excluding hydrogens is 354 g/mol. The van der Waals surface area contributed by atoms with E-state index in [1.165, 1.54) is 33.5 Å². The summed E-state index contributed by atoms with van der Waals surface area (Å²) in [5, 5.41) is 3.18. The minimum Gasteiger partial charge on any atom is -0.201 e. The highest BCUT2D eigenvalue weighted by atomic mass is 28.3. The van der Waals surface area contributed by atoms with Crippen LogP contribution in [0.3, 0.4) is 0 Å². The monoisotopic (exact) mass is 386 g/mol. The number of nitrogens with zero attached hydrogens (tertiary/aromatic N) is 1. The topological polar surface area (TPSA) is 3.88 Å². The van der Waals surface area contributed by atoms with Gasteiger partial charge in [-0.15, -0.1) is 0 Å². The Morgan fingerprint density at radius 2 is 1.50 bits per heavy atom. The van der Waals surface area contributed by atoms with Crippen molar-refractivity contribution < 1.29 is 4.57 Å². The van der Waals surface area contributed by atoms with Crippen LogP contribution in [0.4, 0.5) is 0 Å². The van der Waals surface area contributed by atoms with Crippen molar-refractivity contribution in [1.82, 2.24) is 0 Å². The average molecular weight is 387 g/mol. The minimum atomic E-state index is -1.76. The van der Waals surface area contributed by atoms with Crippen LogP contribution in [0.15, 0.2) is 48.7 Å². The van der Waals surface area contributed by atoms with E-state index in [0.29, 0.717) is 0 Å². The Hall–Kier alpha value is -2.19. The van der Waals surface area contributed by atoms with Crippen molar-refractivity contribution in [3.8, 4) is 11.3 Å². The molecule has 28 heavy (non-hydrogen) atoms. The number of pyridine rings is 1. The van der Waals surface area contributed by atoms with Crippen molar-refractivity contribution in [2.75, 3.05) is 0 Å². The predicted molar refractivity (Wildman–Crippen MR) is 123 cm³/mol. The zero-order valence-corrected chi connectivity index (χ0v) is 19.6. The van der Waals surface area contributed by atoms with Gasteiger partial charge in [0.15, 0.2) is 6.20 Å². The summed E-state index contributed by atoms with van der Waals surface area (Å²) < 4.78 is 2.32. The van der Waals surface area contributed by atoms with E-state index >= 15 is 0 Å². The summed E-state index contributed by atoms with van der Waals surface area (Å²) in [4.78, 5) is 0. The quantitative estimate of drug-likeness (QED) is 0.426. The third-order valence-electron chi connectivity index (χ3n) is 6.98. The van der Waals surface area contributed by atoms with Crippen LogP contribution in [0.5, 0.6) is 0 Å². The molecule has 1 aromatic heterocycles. The molecule has 0 atom stereocenters. The largest absolute Gasteiger partial charge is 0.213 e. The number of fused-ring (bicyclic) bond motifs is 2. The molecule has 1 aliphatic heterocycles. The van der Waals surface area contributed by atoms with Crippen molar-refractivity contribution in [1.29, 1.82) is 0 Å². The first-order valence-electron chi connectivity index (χ1n) is 10.3. The Bertz CT molecular complexity index is 1110. The van der Waals surface area contributed by atoms with Gasteiger partial charge in [-0.3, -0.25) is 0 Å². The smallest absolute Gasteiger partial charge is 0.201 e. The molecule has 1 nitrogen and oxygen atoms in total. The molecule has 2 aromatic carbocycles. The highest BCUT2D eigenvalue weighted by Crippen LogP contribution is 2.41. The maximum absolute atomic E-state index is 2.51. The lowest BCUT2D eigenvalue weighted by molar-refractivity contribution is -0.660. The molecule has 0 unspecified atom stereocenters. The summed E-state index contributed by atoms with van der Waals surface area (Å²) in [6, 6.07) is 16.3. The van der Waals surface area contributed by atoms with Gasteiger partial charge in [0.05, 0.1) is 5.56 Å². The van der Waals surface area contributed by atoms with Gasteiger partial charge >= 0.3 is 0 Å². The molecule has 3 aromatic rings. The number of benzene rings is 2. The Morgan fingerprint density at radius 3 is 2.21 bits per heavy atom. The van der Waals surface area contributed by atoms with Crippen LogP contribution >= 0.6 is 0 Å². The first-order valence-corrected chi connectivity index (χ1v) is 13.3. The van der Waals surface area contributed by atoms with Crippen LogP contribution in [0.2, 0.25) is 13.1 Å². The van der Waals surface area contributed by atoms with Gasteiger partial charge in [0.1, 0.15) is 15.1 Å². The van der Waals surface area contributed by atoms with Crippen molar-refractivity contribution in [2.24, 2.45) is 7.05 Å². The average Bonchev–Trinajstić information content (AvgIpc) is 2.63. The predicted octanol–water partition coefficient (Wildman–Crippen LogP) is 4.57. The first kappa shape index (κ1) is 19.1. The zero-order chi connectivity index (χ0) is 20.4. The molecular formula is C26H32NSi+. The van der Waals surface area contributed by atoms with Crippen LogP contribution in [0.1, 0.15) is 41.7 Å². The first-order chi connectivity index (χ1) is 13.1. The Morgan fingerprint density at radius 1 is 0.821 bits per heavy atom. The third-order valence-corrected chi connectivity index (χ3v) is 10.5. The van der Waals surface area contributed by atoms with E-state index in [0.717, 1.165) is 0 Å². The van der Waals surface area contributed by atoms with Crippen LogP contribution in [-0.2, 0) is 12.5 Å². The lowest BCUT2D eigenvalue weighted by atomic mass is 9.74. The van der Waals surface area contributed by atoms with Gasteiger partial charge < -0.3 is 0 Å². The van der Waals surface area contributed by atoms with Gasteiger partial charge in [0.2, 0.25) is 5.69 Å². The number of aryl methyl sites for hydroxylation is 4. The number of rotatable bonds is 1. The molecule has 144 valence electrons. The van der Waals surface area contributed by atoms with Crippen LogP contribution in [0.25, 0.3) is 11.3 Å². The molecule has 0 fully saturated rings. The second-order valence-electron chi connectivity index (χ2n) is 9.61. The second kappa shape index (κ2) is 6.15. The second-order valence-corrected chi connectivity index (χ2v) is 13.9. The number of hydrogen-bond donors (Lipinski definition) is 0. The molecule has 2 heterocycles. The Kier molecular flexibility index (Phi) is 4.20. The maximum atomic E-state index is 2.51. The molecule has 0 amide bonds. The van der Waals surface area contributed by atoms with Crippen LogP contribution < -0.4 is 14.9 Å². The van der Waals surface area contributed by atoms with Gasteiger partial charge in [-0.1, -0.05) is 68.5 Å². The van der Waals surface area contributed by atoms with Gasteiger partial charge in [0.25, 0.3) is 0 Å². The summed E-state index contributed by atoms with van der Waals surface area (Å²) >= 11 is 0. The molecule has 0 saturated heterocycles. The van der Waals surface area contributed by atoms with E-state index in [1.807, 2.05) is 0 Å². The van der Waals surface area contributed by atoms with E-state index < -0.39 is 8.07 Å². The summed E-state index contributed by atoms with van der Waals surface area (Å²) in [5.74, 6) is 0. The fraction of sp³-hybridized carbons (Fsp3) is 0.346. The Labute approximate surface area is 171 Å². The highest BCUT2D eigenvalue weighted by Gasteiger charge is 2.45. The van der Waals surface area contributed by atoms with Crippen LogP contribution in [-0.4, -0.2) is 8.07 Å². The normalized spacial score (nSPS) is 16.4. The molecule has 4 rings (SSSR count). The molecule has 0 radical (unpaired) electrons. The Balaban J connectivity index is 2.14. The molecule has 0 N–H and O–H groups in total. The molecule has 1 aliphatic rings. The summed E-state index contributed by atoms with van der Waals surface area (Å²) in [7, 11) is 0.428. The number of hydrogen-bond acceptors (Lipinski definition) is 0. The number of aromatic nitrogens is 1. The van der Waals surface area contributed by atoms with Gasteiger partial charge in [-0.05, 0) is 48.2 Å². The van der Waals surface area contributed by atoms with E-state index in [1.54, 1.807) is 15.9 Å². The van der Waals surface area contributed by atoms with E-state index in [2.05, 4.69) is 108 Å². The summed E-state index contributed by atoms with van der Waals surface area (Å²) in [5.41, 5.74) is 9.87. The molecule has 0 aliphatic carbocycles.